The van der Waals surface area contributed by atoms with Gasteiger partial charge in [0.1, 0.15) is 11.5 Å². The van der Waals surface area contributed by atoms with Crippen LogP contribution in [0.25, 0.3) is 17.4 Å². The molecule has 0 spiro atoms. The van der Waals surface area contributed by atoms with Gasteiger partial charge in [-0.15, -0.1) is 0 Å². The van der Waals surface area contributed by atoms with Crippen molar-refractivity contribution in [2.75, 3.05) is 0 Å². The number of nitrogens with zero attached hydrogens (tertiary/aromatic N) is 1. The third-order valence-electron chi connectivity index (χ3n) is 3.69. The molecule has 2 aromatic carbocycles. The summed E-state index contributed by atoms with van der Waals surface area (Å²) in [5.74, 6) is 0.903. The monoisotopic (exact) mass is 349 g/mol. The van der Waals surface area contributed by atoms with Gasteiger partial charge in [-0.3, -0.25) is 0 Å². The van der Waals surface area contributed by atoms with E-state index in [0.717, 1.165) is 11.1 Å². The summed E-state index contributed by atoms with van der Waals surface area (Å²) in [6.07, 6.45) is 1.55. The molecule has 0 N–H and O–H groups in total. The quantitative estimate of drug-likeness (QED) is 0.497. The Balaban J connectivity index is 1.64. The van der Waals surface area contributed by atoms with E-state index in [0.29, 0.717) is 16.5 Å². The standard InChI is InChI=1S/C20H12ClNO3/c21-16-9-5-4-8-15(16)18-11-10-14(24-18)12-17-20(23)25-19(22-17)13-6-2-1-3-7-13/h1-12H/b17-12+. The van der Waals surface area contributed by atoms with Gasteiger partial charge in [-0.25, -0.2) is 9.79 Å². The topological polar surface area (TPSA) is 51.8 Å². The van der Waals surface area contributed by atoms with Crippen LogP contribution in [0, 0.1) is 0 Å². The van der Waals surface area contributed by atoms with Gasteiger partial charge in [-0.05, 0) is 36.4 Å². The molecule has 0 bridgehead atoms. The zero-order chi connectivity index (χ0) is 17.2. The van der Waals surface area contributed by atoms with Crippen molar-refractivity contribution in [2.24, 2.45) is 4.99 Å². The third kappa shape index (κ3) is 3.12. The lowest BCUT2D eigenvalue weighted by Gasteiger charge is -1.98. The average Bonchev–Trinajstić information content (AvgIpc) is 3.24. The van der Waals surface area contributed by atoms with E-state index < -0.39 is 5.97 Å². The lowest BCUT2D eigenvalue weighted by atomic mass is 10.2. The second-order valence-electron chi connectivity index (χ2n) is 5.38. The van der Waals surface area contributed by atoms with Crippen molar-refractivity contribution in [1.29, 1.82) is 0 Å². The number of hydrogen-bond donors (Lipinski definition) is 0. The van der Waals surface area contributed by atoms with Crippen LogP contribution in [0.5, 0.6) is 0 Å². The summed E-state index contributed by atoms with van der Waals surface area (Å²) < 4.78 is 11.0. The molecule has 0 amide bonds. The molecule has 25 heavy (non-hydrogen) atoms. The van der Waals surface area contributed by atoms with Gasteiger partial charge in [0, 0.05) is 17.2 Å². The summed E-state index contributed by atoms with van der Waals surface area (Å²) in [5, 5.41) is 0.598. The van der Waals surface area contributed by atoms with Crippen molar-refractivity contribution in [3.63, 3.8) is 0 Å². The second kappa shape index (κ2) is 6.42. The maximum atomic E-state index is 12.0. The third-order valence-corrected chi connectivity index (χ3v) is 4.02. The lowest BCUT2D eigenvalue weighted by molar-refractivity contribution is -0.129. The normalized spacial score (nSPS) is 15.3. The molecular weight excluding hydrogens is 338 g/mol. The van der Waals surface area contributed by atoms with Gasteiger partial charge in [0.2, 0.25) is 5.90 Å². The minimum Gasteiger partial charge on any atom is -0.457 e. The van der Waals surface area contributed by atoms with E-state index in [2.05, 4.69) is 4.99 Å². The highest BCUT2D eigenvalue weighted by molar-refractivity contribution is 6.33. The predicted octanol–water partition coefficient (Wildman–Crippen LogP) is 4.94. The van der Waals surface area contributed by atoms with E-state index in [1.54, 1.807) is 24.3 Å². The maximum absolute atomic E-state index is 12.0. The summed E-state index contributed by atoms with van der Waals surface area (Å²) in [4.78, 5) is 16.3. The van der Waals surface area contributed by atoms with Crippen LogP contribution in [-0.2, 0) is 9.53 Å². The molecule has 5 heteroatoms. The second-order valence-corrected chi connectivity index (χ2v) is 5.79. The number of cyclic esters (lactones) is 1. The summed E-state index contributed by atoms with van der Waals surface area (Å²) >= 11 is 6.18. The number of benzene rings is 2. The molecule has 0 fully saturated rings. The van der Waals surface area contributed by atoms with Crippen molar-refractivity contribution in [1.82, 2.24) is 0 Å². The zero-order valence-electron chi connectivity index (χ0n) is 13.0. The average molecular weight is 350 g/mol. The Morgan fingerprint density at radius 3 is 2.48 bits per heavy atom. The van der Waals surface area contributed by atoms with Gasteiger partial charge >= 0.3 is 5.97 Å². The van der Waals surface area contributed by atoms with Crippen LogP contribution in [0.4, 0.5) is 0 Å². The Morgan fingerprint density at radius 1 is 0.920 bits per heavy atom. The van der Waals surface area contributed by atoms with Gasteiger partial charge in [0.15, 0.2) is 5.70 Å². The first kappa shape index (κ1) is 15.4. The molecule has 1 aromatic heterocycles. The molecule has 4 rings (SSSR count). The molecule has 122 valence electrons. The SMILES string of the molecule is O=C1OC(c2ccccc2)=N/C1=C/c1ccc(-c2ccccc2Cl)o1. The van der Waals surface area contributed by atoms with Crippen molar-refractivity contribution < 1.29 is 13.9 Å². The van der Waals surface area contributed by atoms with Crippen LogP contribution in [0.15, 0.2) is 81.8 Å². The van der Waals surface area contributed by atoms with Gasteiger partial charge in [0.25, 0.3) is 0 Å². The van der Waals surface area contributed by atoms with Crippen LogP contribution in [-0.4, -0.2) is 11.9 Å². The Morgan fingerprint density at radius 2 is 1.68 bits per heavy atom. The largest absolute Gasteiger partial charge is 0.457 e. The number of carbonyl (C=O) groups is 1. The highest BCUT2D eigenvalue weighted by atomic mass is 35.5. The van der Waals surface area contributed by atoms with Crippen LogP contribution in [0.3, 0.4) is 0 Å². The molecule has 0 atom stereocenters. The van der Waals surface area contributed by atoms with Crippen molar-refractivity contribution in [2.45, 2.75) is 0 Å². The fraction of sp³-hybridized carbons (Fsp3) is 0. The molecule has 0 saturated carbocycles. The highest BCUT2D eigenvalue weighted by Gasteiger charge is 2.24. The maximum Gasteiger partial charge on any atom is 0.363 e. The smallest absolute Gasteiger partial charge is 0.363 e. The molecule has 0 radical (unpaired) electrons. The molecule has 0 unspecified atom stereocenters. The summed E-state index contributed by atoms with van der Waals surface area (Å²) in [7, 11) is 0. The zero-order valence-corrected chi connectivity index (χ0v) is 13.7. The Kier molecular flexibility index (Phi) is 3.96. The Labute approximate surface area is 149 Å². The van der Waals surface area contributed by atoms with E-state index >= 15 is 0 Å². The van der Waals surface area contributed by atoms with Crippen molar-refractivity contribution >= 4 is 29.5 Å². The van der Waals surface area contributed by atoms with Crippen molar-refractivity contribution in [3.8, 4) is 11.3 Å². The fourth-order valence-corrected chi connectivity index (χ4v) is 2.71. The molecule has 1 aliphatic rings. The molecule has 0 saturated heterocycles. The number of halogens is 1. The Bertz CT molecular complexity index is 1000. The van der Waals surface area contributed by atoms with Crippen molar-refractivity contribution in [3.05, 3.63) is 88.8 Å². The van der Waals surface area contributed by atoms with Crippen LogP contribution in [0.1, 0.15) is 11.3 Å². The van der Waals surface area contributed by atoms with E-state index in [1.165, 1.54) is 0 Å². The van der Waals surface area contributed by atoms with Gasteiger partial charge < -0.3 is 9.15 Å². The number of esters is 1. The minimum absolute atomic E-state index is 0.193. The lowest BCUT2D eigenvalue weighted by Crippen LogP contribution is -2.04. The number of rotatable bonds is 3. The number of carbonyl (C=O) groups excluding carboxylic acids is 1. The summed E-state index contributed by atoms with van der Waals surface area (Å²) in [5.41, 5.74) is 1.73. The molecular formula is C20H12ClNO3. The molecule has 2 heterocycles. The first-order chi connectivity index (χ1) is 12.2. The molecule has 0 aliphatic carbocycles. The molecule has 3 aromatic rings. The van der Waals surface area contributed by atoms with E-state index in [9.17, 15) is 4.79 Å². The van der Waals surface area contributed by atoms with Gasteiger partial charge in [-0.1, -0.05) is 41.9 Å². The highest BCUT2D eigenvalue weighted by Crippen LogP contribution is 2.30. The van der Waals surface area contributed by atoms with Crippen LogP contribution >= 0.6 is 11.6 Å². The first-order valence-electron chi connectivity index (χ1n) is 7.63. The molecule has 4 nitrogen and oxygen atoms in total. The van der Waals surface area contributed by atoms with Crippen LogP contribution in [0.2, 0.25) is 5.02 Å². The van der Waals surface area contributed by atoms with Gasteiger partial charge in [0.05, 0.1) is 5.02 Å². The summed E-state index contributed by atoms with van der Waals surface area (Å²) in [6, 6.07) is 20.2. The van der Waals surface area contributed by atoms with E-state index in [-0.39, 0.29) is 11.6 Å². The number of hydrogen-bond acceptors (Lipinski definition) is 4. The predicted molar refractivity (Wildman–Crippen MR) is 96.2 cm³/mol. The number of ether oxygens (including phenoxy) is 1. The summed E-state index contributed by atoms with van der Waals surface area (Å²) in [6.45, 7) is 0. The fourth-order valence-electron chi connectivity index (χ4n) is 2.48. The number of aliphatic imine (C=N–C) groups is 1. The molecule has 1 aliphatic heterocycles. The minimum atomic E-state index is -0.505. The van der Waals surface area contributed by atoms with E-state index in [4.69, 9.17) is 20.8 Å². The van der Waals surface area contributed by atoms with Crippen LogP contribution < -0.4 is 0 Å². The van der Waals surface area contributed by atoms with Gasteiger partial charge in [-0.2, -0.15) is 0 Å². The van der Waals surface area contributed by atoms with E-state index in [1.807, 2.05) is 48.5 Å². The first-order valence-corrected chi connectivity index (χ1v) is 8.01. The number of furan rings is 1. The Hall–Kier alpha value is -3.11.